The molecule has 2 amide bonds. The third-order valence-corrected chi connectivity index (χ3v) is 10.5. The Morgan fingerprint density at radius 3 is 2.31 bits per heavy atom. The zero-order chi connectivity index (χ0) is 24.9. The summed E-state index contributed by atoms with van der Waals surface area (Å²) in [4.78, 5) is 26.4. The van der Waals surface area contributed by atoms with Gasteiger partial charge in [-0.1, -0.05) is 33.4 Å². The fourth-order valence-electron chi connectivity index (χ4n) is 3.28. The molecule has 0 aromatic rings. The van der Waals surface area contributed by atoms with E-state index in [-0.39, 0.29) is 30.9 Å². The van der Waals surface area contributed by atoms with Crippen LogP contribution in [0.15, 0.2) is 12.7 Å². The Kier molecular flexibility index (Phi) is 9.76. The van der Waals surface area contributed by atoms with Crippen LogP contribution in [0.5, 0.6) is 0 Å². The van der Waals surface area contributed by atoms with Crippen LogP contribution in [0.25, 0.3) is 0 Å². The molecule has 10 heteroatoms. The maximum Gasteiger partial charge on any atom is 0.434 e. The van der Waals surface area contributed by atoms with Gasteiger partial charge in [0.25, 0.3) is 0 Å². The number of aliphatic hydroxyl groups excluding tert-OH is 1. The first-order valence-electron chi connectivity index (χ1n) is 11.0. The summed E-state index contributed by atoms with van der Waals surface area (Å²) in [6.45, 7) is 19.3. The minimum atomic E-state index is -2.11. The number of amides is 2. The highest BCUT2D eigenvalue weighted by molar-refractivity contribution is 6.74. The van der Waals surface area contributed by atoms with Gasteiger partial charge in [-0.3, -0.25) is 5.21 Å². The summed E-state index contributed by atoms with van der Waals surface area (Å²) < 4.78 is 17.0. The Bertz CT molecular complexity index is 658. The van der Waals surface area contributed by atoms with Gasteiger partial charge in [0.15, 0.2) is 8.32 Å². The zero-order valence-electron chi connectivity index (χ0n) is 20.9. The van der Waals surface area contributed by atoms with E-state index in [0.29, 0.717) is 18.0 Å². The van der Waals surface area contributed by atoms with Crippen molar-refractivity contribution in [3.05, 3.63) is 12.7 Å². The van der Waals surface area contributed by atoms with Gasteiger partial charge in [-0.15, -0.1) is 0 Å². The molecule has 0 bridgehead atoms. The second-order valence-corrected chi connectivity index (χ2v) is 15.6. The maximum atomic E-state index is 13.0. The molecule has 1 heterocycles. The molecule has 0 radical (unpaired) electrons. The van der Waals surface area contributed by atoms with Crippen LogP contribution in [-0.2, 0) is 13.9 Å². The van der Waals surface area contributed by atoms with Crippen molar-refractivity contribution in [2.75, 3.05) is 26.3 Å². The average Bonchev–Trinajstić information content (AvgIpc) is 3.04. The van der Waals surface area contributed by atoms with Gasteiger partial charge < -0.3 is 23.9 Å². The van der Waals surface area contributed by atoms with E-state index in [1.54, 1.807) is 25.7 Å². The van der Waals surface area contributed by atoms with Crippen molar-refractivity contribution in [1.82, 2.24) is 9.96 Å². The van der Waals surface area contributed by atoms with Gasteiger partial charge >= 0.3 is 12.2 Å². The van der Waals surface area contributed by atoms with Gasteiger partial charge in [0, 0.05) is 25.1 Å². The second-order valence-electron chi connectivity index (χ2n) is 10.8. The van der Waals surface area contributed by atoms with Crippen LogP contribution in [-0.4, -0.2) is 84.8 Å². The van der Waals surface area contributed by atoms with Crippen LogP contribution in [0.4, 0.5) is 9.59 Å². The number of ether oxygens (including phenoxy) is 2. The Balaban J connectivity index is 3.08. The van der Waals surface area contributed by atoms with E-state index in [2.05, 4.69) is 40.4 Å². The average molecular weight is 475 g/mol. The summed E-state index contributed by atoms with van der Waals surface area (Å²) in [5.74, 6) is -0.614. The summed E-state index contributed by atoms with van der Waals surface area (Å²) in [6.07, 6.45) is 0.161. The van der Waals surface area contributed by atoms with Crippen LogP contribution in [0.2, 0.25) is 18.1 Å². The molecule has 1 fully saturated rings. The molecule has 1 aliphatic heterocycles. The molecule has 0 spiro atoms. The lowest BCUT2D eigenvalue weighted by Crippen LogP contribution is -2.48. The second kappa shape index (κ2) is 11.0. The highest BCUT2D eigenvalue weighted by Crippen LogP contribution is 2.39. The molecule has 0 saturated carbocycles. The van der Waals surface area contributed by atoms with Crippen LogP contribution >= 0.6 is 0 Å². The summed E-state index contributed by atoms with van der Waals surface area (Å²) in [5, 5.41) is 20.6. The molecule has 1 saturated heterocycles. The molecule has 1 aliphatic rings. The quantitative estimate of drug-likeness (QED) is 0.237. The maximum absolute atomic E-state index is 13.0. The minimum absolute atomic E-state index is 0.00494. The van der Waals surface area contributed by atoms with E-state index in [9.17, 15) is 19.9 Å². The number of aliphatic hydroxyl groups is 1. The largest absolute Gasteiger partial charge is 0.444 e. The zero-order valence-corrected chi connectivity index (χ0v) is 21.9. The molecule has 0 aromatic heterocycles. The van der Waals surface area contributed by atoms with Crippen molar-refractivity contribution >= 4 is 20.5 Å². The fourth-order valence-corrected chi connectivity index (χ4v) is 4.64. The van der Waals surface area contributed by atoms with Crippen molar-refractivity contribution in [3.63, 3.8) is 0 Å². The first-order valence-corrected chi connectivity index (χ1v) is 14.0. The Morgan fingerprint density at radius 2 is 1.84 bits per heavy atom. The van der Waals surface area contributed by atoms with E-state index in [1.165, 1.54) is 6.08 Å². The lowest BCUT2D eigenvalue weighted by atomic mass is 9.97. The number of rotatable bonds is 8. The topological polar surface area (TPSA) is 109 Å². The molecule has 32 heavy (non-hydrogen) atoms. The number of hydroxylamine groups is 2. The van der Waals surface area contributed by atoms with Crippen molar-refractivity contribution in [1.29, 1.82) is 0 Å². The van der Waals surface area contributed by atoms with Crippen molar-refractivity contribution in [2.24, 2.45) is 5.92 Å². The first kappa shape index (κ1) is 28.4. The molecule has 2 N–H and O–H groups in total. The normalized spacial score (nSPS) is 20.6. The molecular formula is C22H42N2O7Si. The molecular weight excluding hydrogens is 432 g/mol. The number of carbonyl (C=O) groups excluding carboxylic acids is 2. The van der Waals surface area contributed by atoms with Gasteiger partial charge in [-0.2, -0.15) is 5.06 Å². The predicted molar refractivity (Wildman–Crippen MR) is 124 cm³/mol. The molecule has 0 aliphatic carbocycles. The number of carbonyl (C=O) groups is 2. The lowest BCUT2D eigenvalue weighted by molar-refractivity contribution is -0.0911. The van der Waals surface area contributed by atoms with Crippen molar-refractivity contribution in [2.45, 2.75) is 83.8 Å². The summed E-state index contributed by atoms with van der Waals surface area (Å²) >= 11 is 0. The first-order chi connectivity index (χ1) is 14.5. The number of hydrogen-bond acceptors (Lipinski definition) is 7. The number of hydrogen-bond donors (Lipinski definition) is 2. The van der Waals surface area contributed by atoms with Gasteiger partial charge in [0.2, 0.25) is 0 Å². The monoisotopic (exact) mass is 474 g/mol. The van der Waals surface area contributed by atoms with E-state index in [4.69, 9.17) is 13.9 Å². The lowest BCUT2D eigenvalue weighted by Gasteiger charge is -2.38. The minimum Gasteiger partial charge on any atom is -0.444 e. The number of nitrogens with zero attached hydrogens (tertiary/aromatic N) is 2. The third-order valence-electron chi connectivity index (χ3n) is 5.92. The van der Waals surface area contributed by atoms with E-state index in [0.717, 1.165) is 0 Å². The van der Waals surface area contributed by atoms with Gasteiger partial charge in [-0.05, 0) is 45.3 Å². The molecule has 3 atom stereocenters. The Labute approximate surface area is 193 Å². The van der Waals surface area contributed by atoms with Gasteiger partial charge in [0.1, 0.15) is 12.2 Å². The smallest absolute Gasteiger partial charge is 0.434 e. The fraction of sp³-hybridized carbons (Fsp3) is 0.818. The van der Waals surface area contributed by atoms with Crippen LogP contribution in [0.3, 0.4) is 0 Å². The standard InChI is InChI=1S/C22H42N2O7Si/c1-10-11-29-20(27)24(28)13-16(15-25)18-12-17(31-32(8,9)22(5,6)7)14-23(18)19(26)30-21(2,3)4/h10,16-18,25,28H,1,11-15H2,2-9H3/t16-,17+,18-/m0/s1. The van der Waals surface area contributed by atoms with Crippen molar-refractivity contribution in [3.8, 4) is 0 Å². The Morgan fingerprint density at radius 1 is 1.25 bits per heavy atom. The van der Waals surface area contributed by atoms with Crippen LogP contribution in [0.1, 0.15) is 48.0 Å². The van der Waals surface area contributed by atoms with Crippen molar-refractivity contribution < 1.29 is 33.8 Å². The van der Waals surface area contributed by atoms with E-state index < -0.39 is 38.1 Å². The Hall–Kier alpha value is -1.62. The summed E-state index contributed by atoms with van der Waals surface area (Å²) in [5.41, 5.74) is -0.688. The van der Waals surface area contributed by atoms with Gasteiger partial charge in [0.05, 0.1) is 12.6 Å². The third kappa shape index (κ3) is 8.06. The summed E-state index contributed by atoms with van der Waals surface area (Å²) in [7, 11) is -2.11. The molecule has 1 rings (SSSR count). The summed E-state index contributed by atoms with van der Waals surface area (Å²) in [6, 6.07) is -0.480. The SMILES string of the molecule is C=CCOC(=O)N(O)C[C@@H](CO)[C@@H]1C[C@@H](O[Si](C)(C)C(C)(C)C)CN1C(=O)OC(C)(C)C. The van der Waals surface area contributed by atoms with E-state index in [1.807, 2.05) is 0 Å². The highest BCUT2D eigenvalue weighted by Gasteiger charge is 2.46. The van der Waals surface area contributed by atoms with Crippen LogP contribution in [0, 0.1) is 5.92 Å². The molecule has 0 unspecified atom stereocenters. The predicted octanol–water partition coefficient (Wildman–Crippen LogP) is 4.01. The molecule has 0 aromatic carbocycles. The molecule has 186 valence electrons. The number of likely N-dealkylation sites (tertiary alicyclic amines) is 1. The van der Waals surface area contributed by atoms with E-state index >= 15 is 0 Å². The highest BCUT2D eigenvalue weighted by atomic mass is 28.4. The van der Waals surface area contributed by atoms with Gasteiger partial charge in [-0.25, -0.2) is 9.59 Å². The van der Waals surface area contributed by atoms with Crippen LogP contribution < -0.4 is 0 Å². The molecule has 9 nitrogen and oxygen atoms in total.